The number of carbonyl (C=O) groups excluding carboxylic acids is 1. The molecular formula is C14H28N2O3. The Morgan fingerprint density at radius 1 is 1.47 bits per heavy atom. The Labute approximate surface area is 116 Å². The fourth-order valence-corrected chi connectivity index (χ4v) is 2.28. The second-order valence-electron chi connectivity index (χ2n) is 6.88. The molecule has 1 aliphatic heterocycles. The normalized spacial score (nSPS) is 23.5. The molecule has 0 spiro atoms. The third kappa shape index (κ3) is 5.89. The molecule has 0 aliphatic carbocycles. The average molecular weight is 272 g/mol. The first-order valence-corrected chi connectivity index (χ1v) is 6.94. The van der Waals surface area contributed by atoms with Gasteiger partial charge in [0.1, 0.15) is 0 Å². The molecule has 1 rings (SSSR count). The molecule has 0 bridgehead atoms. The van der Waals surface area contributed by atoms with E-state index in [1.165, 1.54) is 0 Å². The highest BCUT2D eigenvalue weighted by Crippen LogP contribution is 2.21. The number of nitrogens with zero attached hydrogens (tertiary/aromatic N) is 1. The number of aliphatic hydroxyl groups excluding tert-OH is 1. The summed E-state index contributed by atoms with van der Waals surface area (Å²) in [5, 5.41) is 12.5. The third-order valence-electron chi connectivity index (χ3n) is 3.03. The number of ether oxygens (including phenoxy) is 1. The van der Waals surface area contributed by atoms with Crippen molar-refractivity contribution >= 4 is 5.91 Å². The SMILES string of the molecule is CC(C)(C)NCCC(=O)N1CC(CO)OC(C)(C)C1. The van der Waals surface area contributed by atoms with Gasteiger partial charge < -0.3 is 20.1 Å². The van der Waals surface area contributed by atoms with Crippen LogP contribution >= 0.6 is 0 Å². The molecule has 0 aromatic heterocycles. The van der Waals surface area contributed by atoms with Gasteiger partial charge in [-0.1, -0.05) is 0 Å². The van der Waals surface area contributed by atoms with Crippen LogP contribution < -0.4 is 5.32 Å². The summed E-state index contributed by atoms with van der Waals surface area (Å²) in [7, 11) is 0. The van der Waals surface area contributed by atoms with Crippen molar-refractivity contribution in [3.63, 3.8) is 0 Å². The topological polar surface area (TPSA) is 61.8 Å². The Bertz CT molecular complexity index is 310. The fraction of sp³-hybridized carbons (Fsp3) is 0.929. The molecule has 1 fully saturated rings. The summed E-state index contributed by atoms with van der Waals surface area (Å²) < 4.78 is 5.70. The van der Waals surface area contributed by atoms with E-state index < -0.39 is 5.60 Å². The number of morpholine rings is 1. The van der Waals surface area contributed by atoms with E-state index in [0.29, 0.717) is 26.1 Å². The van der Waals surface area contributed by atoms with Crippen molar-refractivity contribution < 1.29 is 14.6 Å². The number of hydrogen-bond donors (Lipinski definition) is 2. The first kappa shape index (κ1) is 16.4. The summed E-state index contributed by atoms with van der Waals surface area (Å²) in [6, 6.07) is 0. The smallest absolute Gasteiger partial charge is 0.224 e. The highest BCUT2D eigenvalue weighted by molar-refractivity contribution is 5.76. The van der Waals surface area contributed by atoms with Crippen molar-refractivity contribution in [3.05, 3.63) is 0 Å². The number of amides is 1. The molecular weight excluding hydrogens is 244 g/mol. The zero-order valence-electron chi connectivity index (χ0n) is 12.8. The molecule has 112 valence electrons. The molecule has 1 unspecified atom stereocenters. The standard InChI is InChI=1S/C14H28N2O3/c1-13(2,3)15-7-6-12(18)16-8-11(9-17)19-14(4,5)10-16/h11,15,17H,6-10H2,1-5H3. The van der Waals surface area contributed by atoms with Gasteiger partial charge in [-0.05, 0) is 34.6 Å². The van der Waals surface area contributed by atoms with Crippen molar-refractivity contribution in [1.82, 2.24) is 10.2 Å². The summed E-state index contributed by atoms with van der Waals surface area (Å²) in [5.74, 6) is 0.117. The van der Waals surface area contributed by atoms with Crippen molar-refractivity contribution in [2.24, 2.45) is 0 Å². The molecule has 5 nitrogen and oxygen atoms in total. The highest BCUT2D eigenvalue weighted by Gasteiger charge is 2.34. The maximum Gasteiger partial charge on any atom is 0.224 e. The van der Waals surface area contributed by atoms with Crippen LogP contribution in [0.2, 0.25) is 0 Å². The van der Waals surface area contributed by atoms with E-state index in [-0.39, 0.29) is 24.2 Å². The lowest BCUT2D eigenvalue weighted by Crippen LogP contribution is -2.56. The summed E-state index contributed by atoms with van der Waals surface area (Å²) in [4.78, 5) is 14.0. The van der Waals surface area contributed by atoms with Gasteiger partial charge in [-0.3, -0.25) is 4.79 Å². The summed E-state index contributed by atoms with van der Waals surface area (Å²) in [6.07, 6.45) is 0.203. The molecule has 0 aromatic carbocycles. The van der Waals surface area contributed by atoms with Crippen LogP contribution in [0.1, 0.15) is 41.0 Å². The first-order chi connectivity index (χ1) is 8.63. The van der Waals surface area contributed by atoms with Crippen LogP contribution in [0.15, 0.2) is 0 Å². The van der Waals surface area contributed by atoms with E-state index in [4.69, 9.17) is 4.74 Å². The second kappa shape index (κ2) is 6.20. The summed E-state index contributed by atoms with van der Waals surface area (Å²) in [5.41, 5.74) is -0.364. The summed E-state index contributed by atoms with van der Waals surface area (Å²) >= 11 is 0. The Hall–Kier alpha value is -0.650. The predicted octanol–water partition coefficient (Wildman–Crippen LogP) is 0.763. The van der Waals surface area contributed by atoms with Crippen molar-refractivity contribution in [2.45, 2.75) is 58.3 Å². The Balaban J connectivity index is 2.47. The maximum absolute atomic E-state index is 12.2. The molecule has 1 amide bonds. The first-order valence-electron chi connectivity index (χ1n) is 6.94. The van der Waals surface area contributed by atoms with Crippen LogP contribution in [0, 0.1) is 0 Å². The van der Waals surface area contributed by atoms with Crippen molar-refractivity contribution in [2.75, 3.05) is 26.2 Å². The van der Waals surface area contributed by atoms with Crippen LogP contribution in [0.4, 0.5) is 0 Å². The van der Waals surface area contributed by atoms with Crippen LogP contribution in [-0.2, 0) is 9.53 Å². The predicted molar refractivity (Wildman–Crippen MR) is 75.0 cm³/mol. The number of nitrogens with one attached hydrogen (secondary N) is 1. The quantitative estimate of drug-likeness (QED) is 0.793. The van der Waals surface area contributed by atoms with Crippen molar-refractivity contribution in [1.29, 1.82) is 0 Å². The van der Waals surface area contributed by atoms with Gasteiger partial charge in [0, 0.05) is 31.6 Å². The van der Waals surface area contributed by atoms with Gasteiger partial charge in [0.2, 0.25) is 5.91 Å². The lowest BCUT2D eigenvalue weighted by atomic mass is 10.0. The molecule has 0 aromatic rings. The van der Waals surface area contributed by atoms with Crippen LogP contribution in [0.3, 0.4) is 0 Å². The second-order valence-corrected chi connectivity index (χ2v) is 6.88. The lowest BCUT2D eigenvalue weighted by molar-refractivity contribution is -0.166. The molecule has 2 N–H and O–H groups in total. The van der Waals surface area contributed by atoms with Gasteiger partial charge in [0.05, 0.1) is 18.3 Å². The molecule has 19 heavy (non-hydrogen) atoms. The zero-order chi connectivity index (χ0) is 14.7. The van der Waals surface area contributed by atoms with Gasteiger partial charge in [-0.25, -0.2) is 0 Å². The van der Waals surface area contributed by atoms with Crippen LogP contribution in [0.25, 0.3) is 0 Å². The minimum Gasteiger partial charge on any atom is -0.394 e. The molecule has 0 saturated carbocycles. The van der Waals surface area contributed by atoms with Gasteiger partial charge in [0.15, 0.2) is 0 Å². The molecule has 5 heteroatoms. The maximum atomic E-state index is 12.2. The lowest BCUT2D eigenvalue weighted by Gasteiger charge is -2.42. The number of hydrogen-bond acceptors (Lipinski definition) is 4. The molecule has 1 saturated heterocycles. The minimum atomic E-state index is -0.390. The van der Waals surface area contributed by atoms with Crippen LogP contribution in [-0.4, -0.2) is 59.4 Å². The largest absolute Gasteiger partial charge is 0.394 e. The fourth-order valence-electron chi connectivity index (χ4n) is 2.28. The van der Waals surface area contributed by atoms with Gasteiger partial charge in [0.25, 0.3) is 0 Å². The van der Waals surface area contributed by atoms with E-state index >= 15 is 0 Å². The Morgan fingerprint density at radius 3 is 2.63 bits per heavy atom. The van der Waals surface area contributed by atoms with Crippen LogP contribution in [0.5, 0.6) is 0 Å². The highest BCUT2D eigenvalue weighted by atomic mass is 16.5. The number of aliphatic hydroxyl groups is 1. The molecule has 1 heterocycles. The average Bonchev–Trinajstić information content (AvgIpc) is 2.24. The van der Waals surface area contributed by atoms with Gasteiger partial charge in [-0.2, -0.15) is 0 Å². The molecule has 1 aliphatic rings. The number of rotatable bonds is 4. The number of carbonyl (C=O) groups is 1. The third-order valence-corrected chi connectivity index (χ3v) is 3.03. The zero-order valence-corrected chi connectivity index (χ0v) is 12.8. The Morgan fingerprint density at radius 2 is 2.11 bits per heavy atom. The van der Waals surface area contributed by atoms with Gasteiger partial charge in [-0.15, -0.1) is 0 Å². The van der Waals surface area contributed by atoms with Gasteiger partial charge >= 0.3 is 0 Å². The Kier molecular flexibility index (Phi) is 5.35. The van der Waals surface area contributed by atoms with E-state index in [1.807, 2.05) is 13.8 Å². The molecule has 1 atom stereocenters. The van der Waals surface area contributed by atoms with E-state index in [9.17, 15) is 9.90 Å². The minimum absolute atomic E-state index is 0.0260. The van der Waals surface area contributed by atoms with Crippen molar-refractivity contribution in [3.8, 4) is 0 Å². The van der Waals surface area contributed by atoms with E-state index in [2.05, 4.69) is 26.1 Å². The van der Waals surface area contributed by atoms with E-state index in [0.717, 1.165) is 0 Å². The monoisotopic (exact) mass is 272 g/mol. The van der Waals surface area contributed by atoms with E-state index in [1.54, 1.807) is 4.90 Å². The summed E-state index contributed by atoms with van der Waals surface area (Å²) in [6.45, 7) is 11.8. The molecule has 0 radical (unpaired) electrons.